The van der Waals surface area contributed by atoms with E-state index in [1.807, 2.05) is 37.3 Å². The van der Waals surface area contributed by atoms with E-state index in [0.717, 1.165) is 11.1 Å². The van der Waals surface area contributed by atoms with E-state index in [1.165, 1.54) is 11.3 Å². The molecule has 0 aliphatic rings. The van der Waals surface area contributed by atoms with Gasteiger partial charge in [0.2, 0.25) is 0 Å². The molecule has 1 aromatic carbocycles. The lowest BCUT2D eigenvalue weighted by atomic mass is 10.1. The quantitative estimate of drug-likeness (QED) is 0.720. The zero-order valence-corrected chi connectivity index (χ0v) is 15.1. The lowest BCUT2D eigenvalue weighted by molar-refractivity contribution is 0.0531. The van der Waals surface area contributed by atoms with Gasteiger partial charge in [-0.2, -0.15) is 0 Å². The van der Waals surface area contributed by atoms with Crippen molar-refractivity contribution in [3.8, 4) is 0 Å². The summed E-state index contributed by atoms with van der Waals surface area (Å²) in [5.41, 5.74) is 2.55. The van der Waals surface area contributed by atoms with Crippen LogP contribution in [0.15, 0.2) is 29.1 Å². The van der Waals surface area contributed by atoms with Gasteiger partial charge in [-0.05, 0) is 43.5 Å². The molecule has 1 N–H and O–H groups in total. The van der Waals surface area contributed by atoms with Gasteiger partial charge in [0.1, 0.15) is 15.5 Å². The number of hydrogen-bond acceptors (Lipinski definition) is 5. The molecule has 0 bridgehead atoms. The summed E-state index contributed by atoms with van der Waals surface area (Å²) >= 11 is 1.19. The first-order valence-corrected chi connectivity index (χ1v) is 8.77. The van der Waals surface area contributed by atoms with Gasteiger partial charge in [0.15, 0.2) is 0 Å². The van der Waals surface area contributed by atoms with E-state index < -0.39 is 5.97 Å². The van der Waals surface area contributed by atoms with Crippen molar-refractivity contribution >= 4 is 39.7 Å². The van der Waals surface area contributed by atoms with Crippen molar-refractivity contribution in [2.45, 2.75) is 20.8 Å². The molecule has 3 rings (SSSR count). The van der Waals surface area contributed by atoms with E-state index >= 15 is 0 Å². The SMILES string of the molecule is CCOC(=O)c1sc2nc(C=Cc3ccccc3C)[nH]c(=O)c2c1C. The van der Waals surface area contributed by atoms with Gasteiger partial charge >= 0.3 is 5.97 Å². The maximum atomic E-state index is 12.4. The fourth-order valence-corrected chi connectivity index (χ4v) is 3.66. The number of H-pyrrole nitrogens is 1. The molecule has 5 nitrogen and oxygen atoms in total. The molecule has 2 aromatic heterocycles. The molecule has 128 valence electrons. The van der Waals surface area contributed by atoms with Crippen molar-refractivity contribution in [2.24, 2.45) is 0 Å². The van der Waals surface area contributed by atoms with Crippen molar-refractivity contribution in [3.05, 3.63) is 62.0 Å². The average molecular weight is 354 g/mol. The molecule has 0 saturated heterocycles. The van der Waals surface area contributed by atoms with Gasteiger partial charge < -0.3 is 9.72 Å². The summed E-state index contributed by atoms with van der Waals surface area (Å²) in [5, 5.41) is 0.445. The predicted molar refractivity (Wildman–Crippen MR) is 101 cm³/mol. The van der Waals surface area contributed by atoms with Crippen molar-refractivity contribution < 1.29 is 9.53 Å². The Bertz CT molecular complexity index is 1030. The molecule has 0 atom stereocenters. The highest BCUT2D eigenvalue weighted by Crippen LogP contribution is 2.27. The highest BCUT2D eigenvalue weighted by Gasteiger charge is 2.19. The molecular formula is C19H18N2O3S. The molecule has 6 heteroatoms. The Morgan fingerprint density at radius 1 is 1.28 bits per heavy atom. The third-order valence-electron chi connectivity index (χ3n) is 3.89. The molecule has 0 fully saturated rings. The molecule has 3 aromatic rings. The normalized spacial score (nSPS) is 11.3. The largest absolute Gasteiger partial charge is 0.462 e. The number of hydrogen-bond donors (Lipinski definition) is 1. The number of nitrogens with one attached hydrogen (secondary N) is 1. The van der Waals surface area contributed by atoms with Gasteiger partial charge in [-0.25, -0.2) is 9.78 Å². The number of aromatic amines is 1. The number of benzene rings is 1. The molecule has 0 spiro atoms. The molecule has 0 unspecified atom stereocenters. The average Bonchev–Trinajstić information content (AvgIpc) is 2.92. The zero-order chi connectivity index (χ0) is 18.0. The Kier molecular flexibility index (Phi) is 4.81. The van der Waals surface area contributed by atoms with E-state index in [4.69, 9.17) is 4.74 Å². The molecule has 25 heavy (non-hydrogen) atoms. The number of carbonyl (C=O) groups excluding carboxylic acids is 1. The fourth-order valence-electron chi connectivity index (χ4n) is 2.57. The number of fused-ring (bicyclic) bond motifs is 1. The van der Waals surface area contributed by atoms with Gasteiger partial charge in [0.25, 0.3) is 5.56 Å². The first-order valence-electron chi connectivity index (χ1n) is 7.95. The minimum absolute atomic E-state index is 0.251. The lowest BCUT2D eigenvalue weighted by Gasteiger charge is -1.99. The van der Waals surface area contributed by atoms with Crippen molar-refractivity contribution in [1.29, 1.82) is 0 Å². The molecule has 2 heterocycles. The molecule has 0 aliphatic heterocycles. The van der Waals surface area contributed by atoms with Crippen LogP contribution in [0.3, 0.4) is 0 Å². The zero-order valence-electron chi connectivity index (χ0n) is 14.3. The topological polar surface area (TPSA) is 72.0 Å². The summed E-state index contributed by atoms with van der Waals surface area (Å²) in [7, 11) is 0. The van der Waals surface area contributed by atoms with Crippen molar-refractivity contribution in [3.63, 3.8) is 0 Å². The van der Waals surface area contributed by atoms with E-state index in [0.29, 0.717) is 33.1 Å². The second kappa shape index (κ2) is 7.03. The second-order valence-corrected chi connectivity index (χ2v) is 6.60. The first kappa shape index (κ1) is 17.1. The Morgan fingerprint density at radius 3 is 2.76 bits per heavy atom. The molecular weight excluding hydrogens is 336 g/mol. The minimum Gasteiger partial charge on any atom is -0.462 e. The van der Waals surface area contributed by atoms with Crippen LogP contribution < -0.4 is 5.56 Å². The van der Waals surface area contributed by atoms with E-state index in [-0.39, 0.29) is 5.56 Å². The standard InChI is InChI=1S/C19H18N2O3S/c1-4-24-19(23)16-12(3)15-17(22)20-14(21-18(15)25-16)10-9-13-8-6-5-7-11(13)2/h5-10H,4H2,1-3H3,(H,20,21,22). The minimum atomic E-state index is -0.417. The monoisotopic (exact) mass is 354 g/mol. The summed E-state index contributed by atoms with van der Waals surface area (Å²) in [5.74, 6) is 0.0387. The van der Waals surface area contributed by atoms with Gasteiger partial charge in [-0.3, -0.25) is 4.79 Å². The highest BCUT2D eigenvalue weighted by molar-refractivity contribution is 7.20. The van der Waals surface area contributed by atoms with Crippen LogP contribution in [0.2, 0.25) is 0 Å². The number of aryl methyl sites for hydroxylation is 2. The Hall–Kier alpha value is -2.73. The van der Waals surface area contributed by atoms with Crippen LogP contribution in [0.1, 0.15) is 39.1 Å². The summed E-state index contributed by atoms with van der Waals surface area (Å²) in [4.78, 5) is 32.6. The van der Waals surface area contributed by atoms with Crippen LogP contribution in [0.5, 0.6) is 0 Å². The number of carbonyl (C=O) groups is 1. The first-order chi connectivity index (χ1) is 12.0. The smallest absolute Gasteiger partial charge is 0.348 e. The van der Waals surface area contributed by atoms with Crippen LogP contribution in [-0.4, -0.2) is 22.5 Å². The number of esters is 1. The number of aromatic nitrogens is 2. The Balaban J connectivity index is 2.03. The van der Waals surface area contributed by atoms with E-state index in [9.17, 15) is 9.59 Å². The lowest BCUT2D eigenvalue weighted by Crippen LogP contribution is -2.10. The maximum Gasteiger partial charge on any atom is 0.348 e. The molecule has 0 radical (unpaired) electrons. The van der Waals surface area contributed by atoms with E-state index in [2.05, 4.69) is 9.97 Å². The highest BCUT2D eigenvalue weighted by atomic mass is 32.1. The van der Waals surface area contributed by atoms with Gasteiger partial charge in [0, 0.05) is 0 Å². The molecule has 0 amide bonds. The summed E-state index contributed by atoms with van der Waals surface area (Å²) < 4.78 is 5.04. The van der Waals surface area contributed by atoms with E-state index in [1.54, 1.807) is 19.9 Å². The summed E-state index contributed by atoms with van der Waals surface area (Å²) in [6, 6.07) is 7.95. The van der Waals surface area contributed by atoms with Crippen LogP contribution in [0.4, 0.5) is 0 Å². The van der Waals surface area contributed by atoms with Crippen LogP contribution in [-0.2, 0) is 4.74 Å². The molecule has 0 saturated carbocycles. The summed E-state index contributed by atoms with van der Waals surface area (Å²) in [6.45, 7) is 5.80. The van der Waals surface area contributed by atoms with Crippen LogP contribution in [0, 0.1) is 13.8 Å². The number of thiophene rings is 1. The maximum absolute atomic E-state index is 12.4. The third kappa shape index (κ3) is 3.39. The number of nitrogens with zero attached hydrogens (tertiary/aromatic N) is 1. The van der Waals surface area contributed by atoms with Crippen LogP contribution in [0.25, 0.3) is 22.4 Å². The molecule has 0 aliphatic carbocycles. The fraction of sp³-hybridized carbons (Fsp3) is 0.211. The van der Waals surface area contributed by atoms with Crippen molar-refractivity contribution in [2.75, 3.05) is 6.61 Å². The summed E-state index contributed by atoms with van der Waals surface area (Å²) in [6.07, 6.45) is 3.68. The number of rotatable bonds is 4. The number of ether oxygens (including phenoxy) is 1. The third-order valence-corrected chi connectivity index (χ3v) is 5.05. The van der Waals surface area contributed by atoms with Gasteiger partial charge in [-0.15, -0.1) is 11.3 Å². The second-order valence-electron chi connectivity index (χ2n) is 5.60. The Morgan fingerprint density at radius 2 is 2.04 bits per heavy atom. The Labute approximate surface area is 149 Å². The van der Waals surface area contributed by atoms with Crippen molar-refractivity contribution in [1.82, 2.24) is 9.97 Å². The van der Waals surface area contributed by atoms with Crippen LogP contribution >= 0.6 is 11.3 Å². The van der Waals surface area contributed by atoms with Gasteiger partial charge in [-0.1, -0.05) is 30.3 Å². The van der Waals surface area contributed by atoms with Gasteiger partial charge in [0.05, 0.1) is 12.0 Å². The predicted octanol–water partition coefficient (Wildman–Crippen LogP) is 3.95.